The maximum atomic E-state index is 13.4. The molecular formula is C30H31F2N9O4S. The lowest BCUT2D eigenvalue weighted by molar-refractivity contribution is -0.134. The normalized spacial score (nSPS) is 17.7. The van der Waals surface area contributed by atoms with Crippen molar-refractivity contribution in [1.82, 2.24) is 34.2 Å². The van der Waals surface area contributed by atoms with Crippen LogP contribution in [0.3, 0.4) is 0 Å². The summed E-state index contributed by atoms with van der Waals surface area (Å²) in [7, 11) is 0. The molecule has 0 saturated carbocycles. The quantitative estimate of drug-likeness (QED) is 0.268. The number of carbonyl (C=O) groups excluding carboxylic acids is 2. The maximum absolute atomic E-state index is 13.4. The number of alkyl halides is 2. The fourth-order valence-electron chi connectivity index (χ4n) is 5.79. The lowest BCUT2D eigenvalue weighted by Crippen LogP contribution is -2.52. The van der Waals surface area contributed by atoms with Gasteiger partial charge in [-0.05, 0) is 43.4 Å². The highest BCUT2D eigenvalue weighted by Gasteiger charge is 2.31. The summed E-state index contributed by atoms with van der Waals surface area (Å²) >= 11 is 1.40. The molecule has 46 heavy (non-hydrogen) atoms. The highest BCUT2D eigenvalue weighted by molar-refractivity contribution is 7.98. The molecule has 5 heterocycles. The van der Waals surface area contributed by atoms with Gasteiger partial charge >= 0.3 is 6.61 Å². The van der Waals surface area contributed by atoms with Crippen LogP contribution in [0.1, 0.15) is 23.2 Å². The first-order valence-electron chi connectivity index (χ1n) is 14.7. The first-order chi connectivity index (χ1) is 22.3. The van der Waals surface area contributed by atoms with E-state index in [0.29, 0.717) is 31.9 Å². The third kappa shape index (κ3) is 6.81. The second kappa shape index (κ2) is 13.8. The molecule has 1 N–H and O–H groups in total. The van der Waals surface area contributed by atoms with Crippen LogP contribution in [0.5, 0.6) is 5.75 Å². The Labute approximate surface area is 267 Å². The molecule has 240 valence electrons. The van der Waals surface area contributed by atoms with Gasteiger partial charge in [0.2, 0.25) is 5.91 Å². The number of amides is 2. The Balaban J connectivity index is 1.24. The predicted octanol–water partition coefficient (Wildman–Crippen LogP) is 3.38. The molecule has 0 aliphatic carbocycles. The number of nitrogens with zero attached hydrogens (tertiary/aromatic N) is 8. The molecule has 2 aliphatic rings. The number of thioether (sulfide) groups is 1. The molecule has 0 spiro atoms. The van der Waals surface area contributed by atoms with E-state index in [1.807, 2.05) is 6.26 Å². The van der Waals surface area contributed by atoms with Crippen LogP contribution < -0.4 is 10.1 Å². The average molecular weight is 652 g/mol. The van der Waals surface area contributed by atoms with E-state index in [4.69, 9.17) is 9.47 Å². The predicted molar refractivity (Wildman–Crippen MR) is 164 cm³/mol. The zero-order chi connectivity index (χ0) is 32.2. The number of piperidine rings is 1. The zero-order valence-corrected chi connectivity index (χ0v) is 25.7. The Kier molecular flexibility index (Phi) is 9.43. The number of hydrogen-bond donors (Lipinski definition) is 1. The molecular weight excluding hydrogens is 620 g/mol. The van der Waals surface area contributed by atoms with Gasteiger partial charge in [-0.25, -0.2) is 9.50 Å². The Hall–Kier alpha value is -4.59. The van der Waals surface area contributed by atoms with Gasteiger partial charge in [-0.2, -0.15) is 24.2 Å². The number of ether oxygens (including phenoxy) is 2. The van der Waals surface area contributed by atoms with Crippen LogP contribution in [0.15, 0.2) is 53.9 Å². The number of rotatable bonds is 9. The molecule has 2 aliphatic heterocycles. The first-order valence-corrected chi connectivity index (χ1v) is 15.9. The Bertz CT molecular complexity index is 1770. The molecule has 2 amide bonds. The number of benzene rings is 1. The van der Waals surface area contributed by atoms with Crippen molar-refractivity contribution in [3.8, 4) is 23.1 Å². The van der Waals surface area contributed by atoms with Crippen LogP contribution >= 0.6 is 11.8 Å². The van der Waals surface area contributed by atoms with E-state index < -0.39 is 18.6 Å². The summed E-state index contributed by atoms with van der Waals surface area (Å²) in [5, 5.41) is 20.8. The summed E-state index contributed by atoms with van der Waals surface area (Å²) in [6, 6.07) is 8.84. The number of nitrogens with one attached hydrogen (secondary N) is 1. The van der Waals surface area contributed by atoms with Gasteiger partial charge < -0.3 is 19.7 Å². The molecule has 6 rings (SSSR count). The number of carbonyl (C=O) groups is 2. The monoisotopic (exact) mass is 651 g/mol. The lowest BCUT2D eigenvalue weighted by Gasteiger charge is -2.41. The van der Waals surface area contributed by atoms with E-state index in [2.05, 4.69) is 31.5 Å². The summed E-state index contributed by atoms with van der Waals surface area (Å²) in [6.07, 6.45) is 9.01. The van der Waals surface area contributed by atoms with E-state index in [-0.39, 0.29) is 46.8 Å². The average Bonchev–Trinajstić information content (AvgIpc) is 3.68. The topological polar surface area (TPSA) is 143 Å². The maximum Gasteiger partial charge on any atom is 0.387 e. The van der Waals surface area contributed by atoms with Crippen molar-refractivity contribution in [2.75, 3.05) is 44.4 Å². The number of aromatic nitrogens is 5. The molecule has 13 nitrogen and oxygen atoms in total. The van der Waals surface area contributed by atoms with Crippen LogP contribution in [0.25, 0.3) is 16.9 Å². The third-order valence-corrected chi connectivity index (χ3v) is 8.79. The minimum absolute atomic E-state index is 0.124. The second-order valence-corrected chi connectivity index (χ2v) is 11.7. The Morgan fingerprint density at radius 3 is 2.85 bits per heavy atom. The Morgan fingerprint density at radius 1 is 1.26 bits per heavy atom. The molecule has 0 unspecified atom stereocenters. The van der Waals surface area contributed by atoms with Crippen molar-refractivity contribution in [3.63, 3.8) is 0 Å². The van der Waals surface area contributed by atoms with Gasteiger partial charge in [-0.1, -0.05) is 0 Å². The van der Waals surface area contributed by atoms with Gasteiger partial charge in [-0.15, -0.1) is 11.8 Å². The van der Waals surface area contributed by atoms with Crippen LogP contribution in [-0.2, 0) is 16.1 Å². The fourth-order valence-corrected chi connectivity index (χ4v) is 6.23. The van der Waals surface area contributed by atoms with Crippen LogP contribution in [0, 0.1) is 11.3 Å². The lowest BCUT2D eigenvalue weighted by atomic mass is 10.0. The SMILES string of the molecule is CSc1ccc(OC(F)F)c(-c2nn(CC(=O)N3CCC(N4CCO[C@@H](C#N)C4)CC3)cc2NC(=O)c2cnn3cccnc23)c1. The van der Waals surface area contributed by atoms with Crippen molar-refractivity contribution in [2.45, 2.75) is 43.0 Å². The molecule has 4 aromatic rings. The van der Waals surface area contributed by atoms with E-state index in [9.17, 15) is 23.6 Å². The van der Waals surface area contributed by atoms with Crippen molar-refractivity contribution >= 4 is 34.9 Å². The van der Waals surface area contributed by atoms with E-state index in [1.54, 1.807) is 29.3 Å². The fraction of sp³-hybridized carbons (Fsp3) is 0.400. The number of nitriles is 1. The summed E-state index contributed by atoms with van der Waals surface area (Å²) in [5.74, 6) is -0.834. The standard InChI is InChI=1S/C30H31F2N9O4S/c1-46-21-3-4-25(45-30(31)32)22(13-21)27-24(36-29(43)23-15-35-41-8-2-7-34-28(23)41)17-40(37-27)18-26(42)38-9-5-19(6-10-38)39-11-12-44-20(14-33)16-39/h2-4,7-8,13,15,17,19-20,30H,5-6,9-12,16,18H2,1H3,(H,36,43)/t20-/m0/s1. The van der Waals surface area contributed by atoms with E-state index in [1.165, 1.54) is 45.6 Å². The molecule has 2 fully saturated rings. The molecule has 16 heteroatoms. The number of hydrogen-bond acceptors (Lipinski definition) is 10. The summed E-state index contributed by atoms with van der Waals surface area (Å²) in [4.78, 5) is 35.9. The van der Waals surface area contributed by atoms with Gasteiger partial charge in [0.1, 0.15) is 23.6 Å². The number of fused-ring (bicyclic) bond motifs is 1. The van der Waals surface area contributed by atoms with Crippen molar-refractivity contribution in [3.05, 3.63) is 54.6 Å². The van der Waals surface area contributed by atoms with Crippen LogP contribution in [0.4, 0.5) is 14.5 Å². The number of anilines is 1. The van der Waals surface area contributed by atoms with Crippen LogP contribution in [-0.4, -0.2) is 104 Å². The molecule has 2 saturated heterocycles. The Morgan fingerprint density at radius 2 is 2.09 bits per heavy atom. The van der Waals surface area contributed by atoms with Crippen molar-refractivity contribution < 1.29 is 27.8 Å². The second-order valence-electron chi connectivity index (χ2n) is 10.8. The number of morpholine rings is 1. The molecule has 0 bridgehead atoms. The van der Waals surface area contributed by atoms with Gasteiger partial charge in [0, 0.05) is 61.3 Å². The van der Waals surface area contributed by atoms with Gasteiger partial charge in [0.15, 0.2) is 11.8 Å². The third-order valence-electron chi connectivity index (χ3n) is 8.06. The molecule has 0 radical (unpaired) electrons. The molecule has 3 aromatic heterocycles. The van der Waals surface area contributed by atoms with Gasteiger partial charge in [0.25, 0.3) is 5.91 Å². The summed E-state index contributed by atoms with van der Waals surface area (Å²) in [5.41, 5.74) is 1.12. The zero-order valence-electron chi connectivity index (χ0n) is 24.9. The highest BCUT2D eigenvalue weighted by atomic mass is 32.2. The number of likely N-dealkylation sites (tertiary alicyclic amines) is 1. The van der Waals surface area contributed by atoms with Gasteiger partial charge in [-0.3, -0.25) is 19.2 Å². The summed E-state index contributed by atoms with van der Waals surface area (Å²) < 4.78 is 39.9. The highest BCUT2D eigenvalue weighted by Crippen LogP contribution is 2.38. The van der Waals surface area contributed by atoms with E-state index in [0.717, 1.165) is 24.3 Å². The summed E-state index contributed by atoms with van der Waals surface area (Å²) in [6.45, 7) is -0.319. The van der Waals surface area contributed by atoms with Crippen molar-refractivity contribution in [2.24, 2.45) is 0 Å². The molecule has 1 atom stereocenters. The minimum atomic E-state index is -3.09. The van der Waals surface area contributed by atoms with E-state index >= 15 is 0 Å². The van der Waals surface area contributed by atoms with Crippen LogP contribution in [0.2, 0.25) is 0 Å². The van der Waals surface area contributed by atoms with Gasteiger partial charge in [0.05, 0.1) is 24.6 Å². The number of halogens is 2. The molecule has 1 aromatic carbocycles. The first kappa shape index (κ1) is 31.4. The smallest absolute Gasteiger partial charge is 0.387 e. The minimum Gasteiger partial charge on any atom is -0.434 e. The van der Waals surface area contributed by atoms with Crippen molar-refractivity contribution in [1.29, 1.82) is 5.26 Å². The largest absolute Gasteiger partial charge is 0.434 e.